The van der Waals surface area contributed by atoms with Crippen LogP contribution in [0.3, 0.4) is 0 Å². The molecule has 1 aromatic heterocycles. The molecule has 1 N–H and O–H groups in total. The van der Waals surface area contributed by atoms with Gasteiger partial charge in [0.25, 0.3) is 0 Å². The van der Waals surface area contributed by atoms with Crippen LogP contribution in [0.25, 0.3) is 49.7 Å². The third-order valence-electron chi connectivity index (χ3n) is 7.48. The largest absolute Gasteiger partial charge is 0.355 e. The molecule has 0 unspecified atom stereocenters. The monoisotopic (exact) mass is 532 g/mol. The fraction of sp³-hybridized carbons (Fsp3) is 0.0270. The molecule has 192 valence electrons. The number of aromatic nitrogens is 1. The molecule has 7 aromatic rings. The minimum Gasteiger partial charge on any atom is -0.355 e. The van der Waals surface area contributed by atoms with Gasteiger partial charge in [0.05, 0.1) is 16.7 Å². The molecule has 0 bridgehead atoms. The van der Waals surface area contributed by atoms with E-state index in [9.17, 15) is 0 Å². The Morgan fingerprint density at radius 1 is 0.525 bits per heavy atom. The van der Waals surface area contributed by atoms with Crippen LogP contribution in [-0.4, -0.2) is 10.8 Å². The van der Waals surface area contributed by atoms with Crippen LogP contribution < -0.4 is 5.32 Å². The highest BCUT2D eigenvalue weighted by Crippen LogP contribution is 2.40. The third kappa shape index (κ3) is 4.25. The Morgan fingerprint density at radius 2 is 1.12 bits per heavy atom. The average molecular weight is 533 g/mol. The van der Waals surface area contributed by atoms with Gasteiger partial charge in [-0.15, -0.1) is 11.8 Å². The van der Waals surface area contributed by atoms with Crippen LogP contribution in [0.4, 0.5) is 11.4 Å². The number of benzene rings is 6. The van der Waals surface area contributed by atoms with Crippen LogP contribution >= 0.6 is 11.8 Å². The molecular formula is C37H28N2S. The number of nitrogens with one attached hydrogen (secondary N) is 1. The molecular weight excluding hydrogens is 504 g/mol. The Bertz CT molecular complexity index is 1920. The highest BCUT2D eigenvalue weighted by molar-refractivity contribution is 7.98. The maximum absolute atomic E-state index is 3.70. The Hall–Kier alpha value is -4.73. The first-order valence-electron chi connectivity index (χ1n) is 13.5. The van der Waals surface area contributed by atoms with E-state index in [-0.39, 0.29) is 0 Å². The van der Waals surface area contributed by atoms with Crippen molar-refractivity contribution in [1.29, 1.82) is 0 Å². The first-order valence-corrected chi connectivity index (χ1v) is 14.7. The van der Waals surface area contributed by atoms with Gasteiger partial charge in [0.15, 0.2) is 0 Å². The van der Waals surface area contributed by atoms with Gasteiger partial charge in [-0.3, -0.25) is 0 Å². The number of hydrogen-bond donors (Lipinski definition) is 1. The number of nitrogens with zero attached hydrogens (tertiary/aromatic N) is 1. The lowest BCUT2D eigenvalue weighted by Gasteiger charge is -2.17. The summed E-state index contributed by atoms with van der Waals surface area (Å²) in [5, 5.41) is 6.25. The van der Waals surface area contributed by atoms with Gasteiger partial charge in [-0.1, -0.05) is 109 Å². The van der Waals surface area contributed by atoms with Crippen molar-refractivity contribution in [3.05, 3.63) is 146 Å². The number of rotatable bonds is 6. The third-order valence-corrected chi connectivity index (χ3v) is 8.32. The lowest BCUT2D eigenvalue weighted by Crippen LogP contribution is -1.98. The molecule has 0 amide bonds. The number of para-hydroxylation sites is 3. The van der Waals surface area contributed by atoms with Gasteiger partial charge in [0, 0.05) is 32.6 Å². The first-order chi connectivity index (χ1) is 19.8. The predicted molar refractivity (Wildman–Crippen MR) is 173 cm³/mol. The van der Waals surface area contributed by atoms with E-state index in [1.54, 1.807) is 11.8 Å². The van der Waals surface area contributed by atoms with Crippen molar-refractivity contribution >= 4 is 44.9 Å². The summed E-state index contributed by atoms with van der Waals surface area (Å²) in [4.78, 5) is 1.26. The van der Waals surface area contributed by atoms with Crippen molar-refractivity contribution in [3.63, 3.8) is 0 Å². The summed E-state index contributed by atoms with van der Waals surface area (Å²) in [5.74, 6) is 0. The highest BCUT2D eigenvalue weighted by Gasteiger charge is 2.17. The van der Waals surface area contributed by atoms with Gasteiger partial charge in [-0.05, 0) is 59.3 Å². The molecule has 0 radical (unpaired) electrons. The molecule has 0 saturated heterocycles. The van der Waals surface area contributed by atoms with E-state index < -0.39 is 0 Å². The van der Waals surface area contributed by atoms with E-state index in [1.165, 1.54) is 54.6 Å². The van der Waals surface area contributed by atoms with Crippen LogP contribution in [-0.2, 0) is 0 Å². The van der Waals surface area contributed by atoms with Crippen molar-refractivity contribution in [2.45, 2.75) is 4.90 Å². The quantitative estimate of drug-likeness (QED) is 0.215. The van der Waals surface area contributed by atoms with Crippen molar-refractivity contribution < 1.29 is 0 Å². The molecule has 0 atom stereocenters. The molecule has 40 heavy (non-hydrogen) atoms. The summed E-state index contributed by atoms with van der Waals surface area (Å²) < 4.78 is 2.41. The molecule has 7 rings (SSSR count). The summed E-state index contributed by atoms with van der Waals surface area (Å²) in [6, 6.07) is 51.8. The lowest BCUT2D eigenvalue weighted by molar-refractivity contribution is 1.13. The summed E-state index contributed by atoms with van der Waals surface area (Å²) in [7, 11) is 0. The van der Waals surface area contributed by atoms with Gasteiger partial charge in [0.1, 0.15) is 0 Å². The van der Waals surface area contributed by atoms with E-state index >= 15 is 0 Å². The zero-order valence-electron chi connectivity index (χ0n) is 22.2. The molecule has 0 aliphatic carbocycles. The van der Waals surface area contributed by atoms with Crippen LogP contribution in [0.15, 0.2) is 150 Å². The smallest absolute Gasteiger partial charge is 0.0604 e. The molecule has 2 nitrogen and oxygen atoms in total. The Kier molecular flexibility index (Phi) is 6.35. The normalized spacial score (nSPS) is 11.2. The van der Waals surface area contributed by atoms with Gasteiger partial charge in [-0.2, -0.15) is 0 Å². The van der Waals surface area contributed by atoms with Gasteiger partial charge in [0.2, 0.25) is 0 Å². The maximum Gasteiger partial charge on any atom is 0.0604 e. The second kappa shape index (κ2) is 10.4. The topological polar surface area (TPSA) is 17.0 Å². The van der Waals surface area contributed by atoms with E-state index in [0.29, 0.717) is 0 Å². The van der Waals surface area contributed by atoms with Crippen LogP contribution in [0.5, 0.6) is 0 Å². The lowest BCUT2D eigenvalue weighted by atomic mass is 10.0. The first kappa shape index (κ1) is 24.3. The molecule has 0 spiro atoms. The Morgan fingerprint density at radius 3 is 1.88 bits per heavy atom. The van der Waals surface area contributed by atoms with Crippen molar-refractivity contribution in [3.8, 4) is 27.9 Å². The summed E-state index contributed by atoms with van der Waals surface area (Å²) in [6.07, 6.45) is 2.18. The minimum atomic E-state index is 1.07. The highest BCUT2D eigenvalue weighted by atomic mass is 32.2. The predicted octanol–water partition coefficient (Wildman–Crippen LogP) is 10.6. The Balaban J connectivity index is 1.33. The van der Waals surface area contributed by atoms with E-state index in [4.69, 9.17) is 0 Å². The summed E-state index contributed by atoms with van der Waals surface area (Å²) in [5.41, 5.74) is 10.6. The second-order valence-corrected chi connectivity index (χ2v) is 10.7. The summed E-state index contributed by atoms with van der Waals surface area (Å²) in [6.45, 7) is 0. The second-order valence-electron chi connectivity index (χ2n) is 9.85. The fourth-order valence-electron chi connectivity index (χ4n) is 5.71. The molecule has 0 aliphatic heterocycles. The minimum absolute atomic E-state index is 1.07. The molecule has 3 heteroatoms. The van der Waals surface area contributed by atoms with Crippen LogP contribution in [0.1, 0.15) is 0 Å². The molecule has 0 fully saturated rings. The number of thioether (sulfide) groups is 1. The SMILES string of the molecule is CSc1c(-c2cccc(Nc3ccccc3-c3ccccc3)c2)cccc1-n1c2ccccc2c2ccccc21. The van der Waals surface area contributed by atoms with E-state index in [1.807, 2.05) is 0 Å². The number of hydrogen-bond acceptors (Lipinski definition) is 2. The zero-order valence-corrected chi connectivity index (χ0v) is 23.0. The van der Waals surface area contributed by atoms with Crippen molar-refractivity contribution in [2.24, 2.45) is 0 Å². The average Bonchev–Trinajstić information content (AvgIpc) is 3.36. The van der Waals surface area contributed by atoms with E-state index in [0.717, 1.165) is 11.4 Å². The van der Waals surface area contributed by atoms with Crippen LogP contribution in [0.2, 0.25) is 0 Å². The van der Waals surface area contributed by atoms with E-state index in [2.05, 4.69) is 162 Å². The summed E-state index contributed by atoms with van der Waals surface area (Å²) >= 11 is 1.80. The van der Waals surface area contributed by atoms with Gasteiger partial charge < -0.3 is 9.88 Å². The zero-order chi connectivity index (χ0) is 26.9. The number of anilines is 2. The maximum atomic E-state index is 3.70. The van der Waals surface area contributed by atoms with Gasteiger partial charge >= 0.3 is 0 Å². The molecule has 6 aromatic carbocycles. The van der Waals surface area contributed by atoms with Crippen molar-refractivity contribution in [1.82, 2.24) is 4.57 Å². The Labute approximate surface area is 238 Å². The van der Waals surface area contributed by atoms with Crippen LogP contribution in [0, 0.1) is 0 Å². The molecule has 0 aliphatic rings. The number of fused-ring (bicyclic) bond motifs is 3. The van der Waals surface area contributed by atoms with Crippen molar-refractivity contribution in [2.75, 3.05) is 11.6 Å². The van der Waals surface area contributed by atoms with Gasteiger partial charge in [-0.25, -0.2) is 0 Å². The standard InChI is InChI=1S/C37H28N2S/c1-40-37-30(20-12-24-36(37)39-34-22-9-6-18-31(34)32-19-7-10-23-35(32)39)27-15-11-16-28(25-27)38-33-21-8-5-17-29(33)26-13-3-2-4-14-26/h2-25,38H,1H3. The fourth-order valence-corrected chi connectivity index (χ4v) is 6.48. The molecule has 0 saturated carbocycles. The molecule has 1 heterocycles.